The molecule has 5 nitrogen and oxygen atoms in total. The van der Waals surface area contributed by atoms with Crippen LogP contribution >= 0.6 is 11.6 Å². The number of anilines is 3. The van der Waals surface area contributed by atoms with Crippen molar-refractivity contribution < 1.29 is 13.6 Å². The van der Waals surface area contributed by atoms with Crippen LogP contribution in [0, 0.1) is 11.6 Å². The molecule has 31 heavy (non-hydrogen) atoms. The third-order valence-electron chi connectivity index (χ3n) is 4.33. The molecule has 0 unspecified atom stereocenters. The monoisotopic (exact) mass is 436 g/mol. The number of hydrogen-bond donors (Lipinski definition) is 2. The second-order valence-electron chi connectivity index (χ2n) is 6.56. The molecule has 4 rings (SSSR count). The molecule has 0 bridgehead atoms. The van der Waals surface area contributed by atoms with E-state index in [0.29, 0.717) is 34.1 Å². The van der Waals surface area contributed by atoms with Crippen molar-refractivity contribution in [2.75, 3.05) is 10.6 Å². The Morgan fingerprint density at radius 1 is 0.903 bits per heavy atom. The summed E-state index contributed by atoms with van der Waals surface area (Å²) in [6.07, 6.45) is 1.59. The molecule has 154 valence electrons. The van der Waals surface area contributed by atoms with E-state index in [4.69, 9.17) is 11.6 Å². The van der Waals surface area contributed by atoms with Gasteiger partial charge in [0.1, 0.15) is 17.5 Å². The lowest BCUT2D eigenvalue weighted by Gasteiger charge is -2.10. The predicted octanol–water partition coefficient (Wildman–Crippen LogP) is 6.07. The lowest BCUT2D eigenvalue weighted by Crippen LogP contribution is -2.12. The minimum atomic E-state index is -0.560. The fraction of sp³-hybridized carbons (Fsp3) is 0. The quantitative estimate of drug-likeness (QED) is 0.398. The van der Waals surface area contributed by atoms with Crippen molar-refractivity contribution >= 4 is 34.7 Å². The Bertz CT molecular complexity index is 1250. The summed E-state index contributed by atoms with van der Waals surface area (Å²) in [4.78, 5) is 21.2. The first-order valence-electron chi connectivity index (χ1n) is 9.20. The smallest absolute Gasteiger partial charge is 0.255 e. The number of rotatable bonds is 5. The molecule has 0 saturated carbocycles. The second-order valence-corrected chi connectivity index (χ2v) is 6.97. The summed E-state index contributed by atoms with van der Waals surface area (Å²) in [5, 5.41) is 5.73. The van der Waals surface area contributed by atoms with Crippen LogP contribution in [0.15, 0.2) is 79.0 Å². The zero-order chi connectivity index (χ0) is 21.8. The topological polar surface area (TPSA) is 66.9 Å². The second kappa shape index (κ2) is 8.89. The van der Waals surface area contributed by atoms with Crippen LogP contribution in [0.3, 0.4) is 0 Å². The normalized spacial score (nSPS) is 10.5. The van der Waals surface area contributed by atoms with E-state index in [1.807, 2.05) is 0 Å². The summed E-state index contributed by atoms with van der Waals surface area (Å²) in [5.74, 6) is -0.322. The molecule has 1 aromatic heterocycles. The molecule has 0 aliphatic heterocycles. The Labute approximate surface area is 181 Å². The van der Waals surface area contributed by atoms with Crippen LogP contribution in [-0.4, -0.2) is 15.9 Å². The molecule has 0 atom stereocenters. The third kappa shape index (κ3) is 5.02. The number of carbonyl (C=O) groups is 1. The molecule has 0 radical (unpaired) electrons. The van der Waals surface area contributed by atoms with Gasteiger partial charge in [0, 0.05) is 28.7 Å². The zero-order valence-electron chi connectivity index (χ0n) is 15.9. The molecular weight excluding hydrogens is 422 g/mol. The highest BCUT2D eigenvalue weighted by Crippen LogP contribution is 2.22. The molecule has 8 heteroatoms. The summed E-state index contributed by atoms with van der Waals surface area (Å²) < 4.78 is 26.4. The maximum absolute atomic E-state index is 13.3. The van der Waals surface area contributed by atoms with Gasteiger partial charge in [0.25, 0.3) is 5.91 Å². The number of nitrogens with zero attached hydrogens (tertiary/aromatic N) is 2. The van der Waals surface area contributed by atoms with Crippen molar-refractivity contribution in [1.29, 1.82) is 0 Å². The maximum atomic E-state index is 13.3. The summed E-state index contributed by atoms with van der Waals surface area (Å²) >= 11 is 5.76. The number of nitrogens with one attached hydrogen (secondary N) is 2. The van der Waals surface area contributed by atoms with E-state index < -0.39 is 5.82 Å². The molecule has 0 aliphatic carbocycles. The van der Waals surface area contributed by atoms with Crippen molar-refractivity contribution in [2.24, 2.45) is 0 Å². The SMILES string of the molecule is O=C(Nc1ccc(F)c(Cl)c1)c1cccc(Nc2ccnc(-c3ccc(F)cc3)n2)c1. The Balaban J connectivity index is 1.51. The van der Waals surface area contributed by atoms with Gasteiger partial charge < -0.3 is 10.6 Å². The third-order valence-corrected chi connectivity index (χ3v) is 4.62. The maximum Gasteiger partial charge on any atom is 0.255 e. The van der Waals surface area contributed by atoms with Crippen molar-refractivity contribution in [1.82, 2.24) is 9.97 Å². The highest BCUT2D eigenvalue weighted by atomic mass is 35.5. The van der Waals surface area contributed by atoms with Gasteiger partial charge >= 0.3 is 0 Å². The fourth-order valence-corrected chi connectivity index (χ4v) is 3.01. The molecule has 1 amide bonds. The Morgan fingerprint density at radius 2 is 1.71 bits per heavy atom. The highest BCUT2D eigenvalue weighted by Gasteiger charge is 2.10. The largest absolute Gasteiger partial charge is 0.340 e. The van der Waals surface area contributed by atoms with E-state index >= 15 is 0 Å². The first-order valence-corrected chi connectivity index (χ1v) is 9.58. The molecule has 0 spiro atoms. The number of carbonyl (C=O) groups excluding carboxylic acids is 1. The molecule has 3 aromatic carbocycles. The summed E-state index contributed by atoms with van der Waals surface area (Å²) in [7, 11) is 0. The summed E-state index contributed by atoms with van der Waals surface area (Å²) in [6, 6.07) is 18.3. The van der Waals surface area contributed by atoms with Gasteiger partial charge in [-0.3, -0.25) is 4.79 Å². The number of halogens is 3. The number of benzene rings is 3. The van der Waals surface area contributed by atoms with Crippen molar-refractivity contribution in [3.63, 3.8) is 0 Å². The van der Waals surface area contributed by atoms with Gasteiger partial charge in [-0.05, 0) is 66.7 Å². The standard InChI is InChI=1S/C23H15ClF2N4O/c24-19-13-18(8-9-20(19)26)29-23(31)15-2-1-3-17(12-15)28-21-10-11-27-22(30-21)14-4-6-16(25)7-5-14/h1-13H,(H,29,31)(H,27,28,30). The molecule has 0 aliphatic rings. The van der Waals surface area contributed by atoms with Crippen LogP contribution in [-0.2, 0) is 0 Å². The van der Waals surface area contributed by atoms with Crippen LogP contribution < -0.4 is 10.6 Å². The first kappa shape index (κ1) is 20.4. The molecule has 4 aromatic rings. The molecule has 0 fully saturated rings. The summed E-state index contributed by atoms with van der Waals surface area (Å²) in [5.41, 5.74) is 2.08. The molecular formula is C23H15ClF2N4O. The van der Waals surface area contributed by atoms with E-state index in [0.717, 1.165) is 0 Å². The predicted molar refractivity (Wildman–Crippen MR) is 117 cm³/mol. The van der Waals surface area contributed by atoms with Crippen LogP contribution in [0.2, 0.25) is 5.02 Å². The van der Waals surface area contributed by atoms with Crippen molar-refractivity contribution in [2.45, 2.75) is 0 Å². The Morgan fingerprint density at radius 3 is 2.48 bits per heavy atom. The lowest BCUT2D eigenvalue weighted by atomic mass is 10.1. The van der Waals surface area contributed by atoms with E-state index in [1.54, 1.807) is 48.7 Å². The molecule has 0 saturated heterocycles. The number of amides is 1. The van der Waals surface area contributed by atoms with Gasteiger partial charge in [-0.1, -0.05) is 17.7 Å². The van der Waals surface area contributed by atoms with Crippen LogP contribution in [0.25, 0.3) is 11.4 Å². The minimum Gasteiger partial charge on any atom is -0.340 e. The van der Waals surface area contributed by atoms with Gasteiger partial charge in [-0.15, -0.1) is 0 Å². The Kier molecular flexibility index (Phi) is 5.86. The van der Waals surface area contributed by atoms with Gasteiger partial charge in [-0.25, -0.2) is 18.7 Å². The number of hydrogen-bond acceptors (Lipinski definition) is 4. The fourth-order valence-electron chi connectivity index (χ4n) is 2.83. The van der Waals surface area contributed by atoms with Gasteiger partial charge in [0.15, 0.2) is 5.82 Å². The van der Waals surface area contributed by atoms with Gasteiger partial charge in [0.05, 0.1) is 5.02 Å². The van der Waals surface area contributed by atoms with Crippen LogP contribution in [0.1, 0.15) is 10.4 Å². The first-order chi connectivity index (χ1) is 15.0. The summed E-state index contributed by atoms with van der Waals surface area (Å²) in [6.45, 7) is 0. The Hall–Kier alpha value is -3.84. The van der Waals surface area contributed by atoms with Gasteiger partial charge in [0.2, 0.25) is 0 Å². The zero-order valence-corrected chi connectivity index (χ0v) is 16.7. The van der Waals surface area contributed by atoms with E-state index in [-0.39, 0.29) is 16.7 Å². The minimum absolute atomic E-state index is 0.0751. The van der Waals surface area contributed by atoms with Crippen molar-refractivity contribution in [3.8, 4) is 11.4 Å². The average molecular weight is 437 g/mol. The van der Waals surface area contributed by atoms with Crippen LogP contribution in [0.5, 0.6) is 0 Å². The molecule has 2 N–H and O–H groups in total. The van der Waals surface area contributed by atoms with E-state index in [2.05, 4.69) is 20.6 Å². The van der Waals surface area contributed by atoms with Crippen molar-refractivity contribution in [3.05, 3.63) is 101 Å². The van der Waals surface area contributed by atoms with Crippen LogP contribution in [0.4, 0.5) is 26.0 Å². The van der Waals surface area contributed by atoms with Gasteiger partial charge in [-0.2, -0.15) is 0 Å². The number of aromatic nitrogens is 2. The van der Waals surface area contributed by atoms with E-state index in [9.17, 15) is 13.6 Å². The van der Waals surface area contributed by atoms with E-state index in [1.165, 1.54) is 30.3 Å². The lowest BCUT2D eigenvalue weighted by molar-refractivity contribution is 0.102. The highest BCUT2D eigenvalue weighted by molar-refractivity contribution is 6.31. The average Bonchev–Trinajstić information content (AvgIpc) is 2.77. The molecule has 1 heterocycles.